The molecule has 1 heterocycles. The van der Waals surface area contributed by atoms with E-state index in [1.54, 1.807) is 6.07 Å². The van der Waals surface area contributed by atoms with Crippen molar-refractivity contribution in [3.05, 3.63) is 17.7 Å². The molecule has 1 aromatic carbocycles. The molecule has 0 radical (unpaired) electrons. The third-order valence-corrected chi connectivity index (χ3v) is 4.54. The number of alkyl halides is 2. The highest BCUT2D eigenvalue weighted by Gasteiger charge is 2.20. The molecule has 0 unspecified atom stereocenters. The van der Waals surface area contributed by atoms with Crippen molar-refractivity contribution in [3.8, 4) is 17.2 Å². The number of ether oxygens (including phenoxy) is 3. The molecule has 8 nitrogen and oxygen atoms in total. The Balaban J connectivity index is 2.07. The minimum Gasteiger partial charge on any atom is -0.454 e. The third kappa shape index (κ3) is 7.08. The highest BCUT2D eigenvalue weighted by molar-refractivity contribution is 7.90. The maximum Gasteiger partial charge on any atom is 0.387 e. The molecule has 0 spiro atoms. The van der Waals surface area contributed by atoms with E-state index in [1.807, 2.05) is 6.92 Å². The molecule has 0 aliphatic carbocycles. The van der Waals surface area contributed by atoms with Crippen LogP contribution in [0.25, 0.3) is 0 Å². The standard InChI is InChI=1S/C16H23F2N3O5S/c1-3-19-16(20-5-4-6-27(2,22)23)21-9-11-7-13-14(25-10-24-13)8-12(11)26-15(17)18/h7-8,15H,3-6,9-10H2,1-2H3,(H2,19,20,21). The van der Waals surface area contributed by atoms with E-state index in [0.29, 0.717) is 42.5 Å². The van der Waals surface area contributed by atoms with Gasteiger partial charge < -0.3 is 24.8 Å². The van der Waals surface area contributed by atoms with Gasteiger partial charge in [0.1, 0.15) is 15.6 Å². The Kier molecular flexibility index (Phi) is 7.45. The molecule has 0 aromatic heterocycles. The number of guanidine groups is 1. The fourth-order valence-corrected chi connectivity index (χ4v) is 3.01. The third-order valence-electron chi connectivity index (χ3n) is 3.51. The van der Waals surface area contributed by atoms with Gasteiger partial charge in [0.25, 0.3) is 0 Å². The van der Waals surface area contributed by atoms with Crippen molar-refractivity contribution in [2.75, 3.05) is 31.9 Å². The second kappa shape index (κ2) is 9.58. The van der Waals surface area contributed by atoms with Crippen LogP contribution in [0.5, 0.6) is 17.2 Å². The molecule has 0 fully saturated rings. The summed E-state index contributed by atoms with van der Waals surface area (Å²) in [5.41, 5.74) is 0.410. The van der Waals surface area contributed by atoms with Gasteiger partial charge in [-0.05, 0) is 19.4 Å². The predicted octanol–water partition coefficient (Wildman–Crippen LogP) is 1.51. The Morgan fingerprint density at radius 3 is 2.63 bits per heavy atom. The van der Waals surface area contributed by atoms with Crippen molar-refractivity contribution in [2.24, 2.45) is 4.99 Å². The molecule has 0 amide bonds. The Hall–Kier alpha value is -2.30. The van der Waals surface area contributed by atoms with Gasteiger partial charge in [0, 0.05) is 31.0 Å². The first kappa shape index (κ1) is 21.0. The van der Waals surface area contributed by atoms with E-state index in [1.165, 1.54) is 12.3 Å². The Labute approximate surface area is 156 Å². The number of aliphatic imine (C=N–C) groups is 1. The zero-order chi connectivity index (χ0) is 19.9. The van der Waals surface area contributed by atoms with Crippen molar-refractivity contribution >= 4 is 15.8 Å². The number of nitrogens with zero attached hydrogens (tertiary/aromatic N) is 1. The van der Waals surface area contributed by atoms with Crippen LogP contribution in [-0.4, -0.2) is 52.9 Å². The normalized spacial score (nSPS) is 13.7. The maximum absolute atomic E-state index is 12.7. The molecule has 1 aliphatic rings. The molecular formula is C16H23F2N3O5S. The van der Waals surface area contributed by atoms with Crippen molar-refractivity contribution < 1.29 is 31.4 Å². The first-order valence-electron chi connectivity index (χ1n) is 8.35. The SMILES string of the molecule is CCNC(=NCc1cc2c(cc1OC(F)F)OCO2)NCCCS(C)(=O)=O. The number of rotatable bonds is 9. The molecule has 2 rings (SSSR count). The molecule has 1 aromatic rings. The Bertz CT molecular complexity index is 772. The van der Waals surface area contributed by atoms with Crippen molar-refractivity contribution in [3.63, 3.8) is 0 Å². The molecule has 0 saturated heterocycles. The highest BCUT2D eigenvalue weighted by atomic mass is 32.2. The van der Waals surface area contributed by atoms with Crippen LogP contribution < -0.4 is 24.8 Å². The summed E-state index contributed by atoms with van der Waals surface area (Å²) in [6, 6.07) is 2.91. The van der Waals surface area contributed by atoms with Crippen molar-refractivity contribution in [1.29, 1.82) is 0 Å². The fraction of sp³-hybridized carbons (Fsp3) is 0.562. The molecule has 27 heavy (non-hydrogen) atoms. The first-order chi connectivity index (χ1) is 12.8. The molecular weight excluding hydrogens is 384 g/mol. The van der Waals surface area contributed by atoms with Crippen molar-refractivity contribution in [1.82, 2.24) is 10.6 Å². The van der Waals surface area contributed by atoms with Gasteiger partial charge in [-0.25, -0.2) is 13.4 Å². The lowest BCUT2D eigenvalue weighted by atomic mass is 10.1. The second-order valence-electron chi connectivity index (χ2n) is 5.80. The zero-order valence-corrected chi connectivity index (χ0v) is 15.9. The number of fused-ring (bicyclic) bond motifs is 1. The first-order valence-corrected chi connectivity index (χ1v) is 10.4. The van der Waals surface area contributed by atoms with Gasteiger partial charge in [0.05, 0.1) is 12.3 Å². The summed E-state index contributed by atoms with van der Waals surface area (Å²) in [6.07, 6.45) is 1.60. The van der Waals surface area contributed by atoms with Gasteiger partial charge in [-0.15, -0.1) is 0 Å². The summed E-state index contributed by atoms with van der Waals surface area (Å²) >= 11 is 0. The summed E-state index contributed by atoms with van der Waals surface area (Å²) in [5.74, 6) is 1.24. The van der Waals surface area contributed by atoms with Crippen LogP contribution in [0.1, 0.15) is 18.9 Å². The number of nitrogens with one attached hydrogen (secondary N) is 2. The minimum absolute atomic E-state index is 0.0146. The molecule has 0 bridgehead atoms. The van der Waals surface area contributed by atoms with Gasteiger partial charge in [-0.3, -0.25) is 0 Å². The van der Waals surface area contributed by atoms with E-state index < -0.39 is 16.4 Å². The van der Waals surface area contributed by atoms with E-state index in [-0.39, 0.29) is 24.8 Å². The molecule has 11 heteroatoms. The van der Waals surface area contributed by atoms with Crippen LogP contribution in [0.4, 0.5) is 8.78 Å². The Morgan fingerprint density at radius 1 is 1.30 bits per heavy atom. The summed E-state index contributed by atoms with van der Waals surface area (Å²) in [6.45, 7) is -0.0456. The van der Waals surface area contributed by atoms with Gasteiger partial charge in [0.2, 0.25) is 6.79 Å². The summed E-state index contributed by atoms with van der Waals surface area (Å²) in [5, 5.41) is 6.01. The fourth-order valence-electron chi connectivity index (χ4n) is 2.34. The van der Waals surface area contributed by atoms with E-state index in [2.05, 4.69) is 20.4 Å². The van der Waals surface area contributed by atoms with Gasteiger partial charge >= 0.3 is 6.61 Å². The van der Waals surface area contributed by atoms with E-state index in [9.17, 15) is 17.2 Å². The number of sulfone groups is 1. The van der Waals surface area contributed by atoms with Crippen LogP contribution in [0.15, 0.2) is 17.1 Å². The lowest BCUT2D eigenvalue weighted by molar-refractivity contribution is -0.0505. The van der Waals surface area contributed by atoms with Crippen molar-refractivity contribution in [2.45, 2.75) is 26.5 Å². The number of halogens is 2. The zero-order valence-electron chi connectivity index (χ0n) is 15.1. The largest absolute Gasteiger partial charge is 0.454 e. The molecule has 0 saturated carbocycles. The lowest BCUT2D eigenvalue weighted by Gasteiger charge is -2.13. The smallest absolute Gasteiger partial charge is 0.387 e. The number of hydrogen-bond donors (Lipinski definition) is 2. The van der Waals surface area contributed by atoms with E-state index in [4.69, 9.17) is 9.47 Å². The summed E-state index contributed by atoms with van der Waals surface area (Å²) in [4.78, 5) is 4.33. The van der Waals surface area contributed by atoms with Crippen LogP contribution >= 0.6 is 0 Å². The van der Waals surface area contributed by atoms with Gasteiger partial charge in [-0.1, -0.05) is 0 Å². The number of hydrogen-bond acceptors (Lipinski definition) is 6. The number of benzene rings is 1. The average molecular weight is 407 g/mol. The second-order valence-corrected chi connectivity index (χ2v) is 8.06. The quantitative estimate of drug-likeness (QED) is 0.364. The molecule has 152 valence electrons. The van der Waals surface area contributed by atoms with Gasteiger partial charge in [-0.2, -0.15) is 8.78 Å². The predicted molar refractivity (Wildman–Crippen MR) is 96.3 cm³/mol. The minimum atomic E-state index is -3.03. The Morgan fingerprint density at radius 2 is 2.00 bits per heavy atom. The molecule has 1 aliphatic heterocycles. The summed E-state index contributed by atoms with van der Waals surface area (Å²) < 4.78 is 62.7. The van der Waals surface area contributed by atoms with Crippen LogP contribution in [-0.2, 0) is 16.4 Å². The van der Waals surface area contributed by atoms with E-state index >= 15 is 0 Å². The van der Waals surface area contributed by atoms with Crippen LogP contribution in [0, 0.1) is 0 Å². The molecule has 2 N–H and O–H groups in total. The monoisotopic (exact) mass is 407 g/mol. The average Bonchev–Trinajstić information content (AvgIpc) is 3.02. The van der Waals surface area contributed by atoms with Gasteiger partial charge in [0.15, 0.2) is 17.5 Å². The van der Waals surface area contributed by atoms with Crippen LogP contribution in [0.2, 0.25) is 0 Å². The highest BCUT2D eigenvalue weighted by Crippen LogP contribution is 2.38. The van der Waals surface area contributed by atoms with Crippen LogP contribution in [0.3, 0.4) is 0 Å². The maximum atomic E-state index is 12.7. The molecule has 0 atom stereocenters. The topological polar surface area (TPSA) is 98.2 Å². The lowest BCUT2D eigenvalue weighted by Crippen LogP contribution is -2.38. The van der Waals surface area contributed by atoms with E-state index in [0.717, 1.165) is 0 Å². The summed E-state index contributed by atoms with van der Waals surface area (Å²) in [7, 11) is -3.03.